The van der Waals surface area contributed by atoms with Crippen LogP contribution in [0.5, 0.6) is 0 Å². The van der Waals surface area contributed by atoms with Gasteiger partial charge in [-0.3, -0.25) is 14.3 Å². The van der Waals surface area contributed by atoms with Crippen LogP contribution in [0.15, 0.2) is 71.9 Å². The molecule has 5 aromatic rings. The molecule has 0 spiro atoms. The molecule has 0 aliphatic heterocycles. The van der Waals surface area contributed by atoms with Crippen LogP contribution in [-0.4, -0.2) is 30.2 Å². The number of carbonyl (C=O) groups is 1. The van der Waals surface area contributed by atoms with E-state index in [-0.39, 0.29) is 40.2 Å². The summed E-state index contributed by atoms with van der Waals surface area (Å²) >= 11 is 0. The van der Waals surface area contributed by atoms with E-state index in [4.69, 9.17) is 0 Å². The smallest absolute Gasteiger partial charge is 0.325 e. The molecule has 1 unspecified atom stereocenters. The number of imidazole rings is 1. The summed E-state index contributed by atoms with van der Waals surface area (Å²) in [6.07, 6.45) is 2.89. The zero-order chi connectivity index (χ0) is 28.7. The van der Waals surface area contributed by atoms with Crippen LogP contribution in [0.2, 0.25) is 0 Å². The minimum absolute atomic E-state index is 0.0426. The van der Waals surface area contributed by atoms with Crippen LogP contribution in [0.1, 0.15) is 29.9 Å². The van der Waals surface area contributed by atoms with Gasteiger partial charge in [0.05, 0.1) is 16.9 Å². The van der Waals surface area contributed by atoms with Gasteiger partial charge in [-0.15, -0.1) is 0 Å². The van der Waals surface area contributed by atoms with Crippen LogP contribution in [0.25, 0.3) is 28.0 Å². The molecule has 0 radical (unpaired) electrons. The third-order valence-electron chi connectivity index (χ3n) is 6.16. The second-order valence-corrected chi connectivity index (χ2v) is 8.96. The van der Waals surface area contributed by atoms with Crippen LogP contribution in [-0.2, 0) is 0 Å². The molecule has 0 fully saturated rings. The van der Waals surface area contributed by atoms with Crippen molar-refractivity contribution in [2.24, 2.45) is 0 Å². The van der Waals surface area contributed by atoms with E-state index in [1.54, 1.807) is 19.1 Å². The quantitative estimate of drug-likeness (QED) is 0.214. The van der Waals surface area contributed by atoms with E-state index in [0.29, 0.717) is 5.56 Å². The fourth-order valence-corrected chi connectivity index (χ4v) is 4.37. The highest BCUT2D eigenvalue weighted by atomic mass is 19.2. The fourth-order valence-electron chi connectivity index (χ4n) is 4.37. The number of nitrogens with zero attached hydrogens (tertiary/aromatic N) is 4. The molecule has 3 aromatic heterocycles. The molecule has 2 aromatic carbocycles. The van der Waals surface area contributed by atoms with E-state index in [2.05, 4.69) is 27.0 Å². The molecule has 1 atom stereocenters. The minimum Gasteiger partial charge on any atom is -0.325 e. The van der Waals surface area contributed by atoms with Gasteiger partial charge in [-0.1, -0.05) is 6.58 Å². The van der Waals surface area contributed by atoms with Crippen LogP contribution < -0.4 is 11.0 Å². The summed E-state index contributed by atoms with van der Waals surface area (Å²) in [5.74, 6) is -7.62. The molecule has 0 aliphatic carbocycles. The zero-order valence-corrected chi connectivity index (χ0v) is 20.7. The monoisotopic (exact) mass is 554 g/mol. The number of H-pyrrole nitrogens is 1. The van der Waals surface area contributed by atoms with Crippen LogP contribution in [0.4, 0.5) is 22.0 Å². The molecule has 3 heterocycles. The molecule has 5 rings (SSSR count). The summed E-state index contributed by atoms with van der Waals surface area (Å²) in [7, 11) is 0. The lowest BCUT2D eigenvalue weighted by molar-refractivity contribution is 0.0958. The van der Waals surface area contributed by atoms with Crippen molar-refractivity contribution in [2.75, 3.05) is 0 Å². The molecule has 2 N–H and O–H groups in total. The van der Waals surface area contributed by atoms with Gasteiger partial charge in [0.15, 0.2) is 34.8 Å². The molecule has 204 valence electrons. The van der Waals surface area contributed by atoms with Crippen molar-refractivity contribution in [3.8, 4) is 16.9 Å². The van der Waals surface area contributed by atoms with Gasteiger partial charge in [0.25, 0.3) is 5.91 Å². The molecule has 1 amide bonds. The molecule has 40 heavy (non-hydrogen) atoms. The predicted octanol–water partition coefficient (Wildman–Crippen LogP) is 5.17. The van der Waals surface area contributed by atoms with Gasteiger partial charge in [0, 0.05) is 48.2 Å². The van der Waals surface area contributed by atoms with E-state index in [1.165, 1.54) is 24.5 Å². The lowest BCUT2D eigenvalue weighted by atomic mass is 10.1. The zero-order valence-electron chi connectivity index (χ0n) is 20.7. The van der Waals surface area contributed by atoms with E-state index in [9.17, 15) is 31.5 Å². The molecule has 13 heteroatoms. The van der Waals surface area contributed by atoms with Crippen molar-refractivity contribution in [3.05, 3.63) is 112 Å². The SMILES string of the molecule is C=C(CC(C)n1c(=O)[nH]c2ccc(F)c(F)c21)NC(=O)c1cc(-c2cccnc2)n(-c2cc(F)c(F)c(F)c2)n1. The molecular weight excluding hydrogens is 535 g/mol. The average molecular weight is 554 g/mol. The Kier molecular flexibility index (Phi) is 6.80. The number of fused-ring (bicyclic) bond motifs is 1. The summed E-state index contributed by atoms with van der Waals surface area (Å²) in [6, 6.07) is 7.41. The number of allylic oxidation sites excluding steroid dienone is 1. The van der Waals surface area contributed by atoms with Crippen LogP contribution >= 0.6 is 0 Å². The molecule has 0 bridgehead atoms. The second kappa shape index (κ2) is 10.2. The minimum atomic E-state index is -1.65. The van der Waals surface area contributed by atoms with Gasteiger partial charge in [-0.05, 0) is 37.3 Å². The standard InChI is InChI=1S/C27H19F5N6O2/c1-13(8-14(2)37-25-20(35-27(37)40)6-5-17(28)24(25)32)34-26(39)21-11-22(15-4-3-7-33-12-15)38(36-21)16-9-18(29)23(31)19(30)10-16/h3-7,9-12,14H,1,8H2,2H3,(H,34,39)(H,35,40). The van der Waals surface area contributed by atoms with Crippen molar-refractivity contribution in [1.29, 1.82) is 0 Å². The third-order valence-corrected chi connectivity index (χ3v) is 6.16. The van der Waals surface area contributed by atoms with Gasteiger partial charge in [-0.2, -0.15) is 5.10 Å². The van der Waals surface area contributed by atoms with E-state index >= 15 is 0 Å². The summed E-state index contributed by atoms with van der Waals surface area (Å²) in [5.41, 5.74) is -0.408. The van der Waals surface area contributed by atoms with Gasteiger partial charge < -0.3 is 10.3 Å². The molecule has 8 nitrogen and oxygen atoms in total. The second-order valence-electron chi connectivity index (χ2n) is 8.96. The molecular formula is C27H19F5N6O2. The lowest BCUT2D eigenvalue weighted by Crippen LogP contribution is -2.27. The first-order valence-electron chi connectivity index (χ1n) is 11.8. The Balaban J connectivity index is 1.43. The summed E-state index contributed by atoms with van der Waals surface area (Å²) in [5, 5.41) is 6.69. The highest BCUT2D eigenvalue weighted by Crippen LogP contribution is 2.27. The highest BCUT2D eigenvalue weighted by Gasteiger charge is 2.22. The van der Waals surface area contributed by atoms with Crippen molar-refractivity contribution >= 4 is 16.9 Å². The first kappa shape index (κ1) is 26.5. The number of rotatable bonds is 7. The number of halogens is 5. The van der Waals surface area contributed by atoms with E-state index in [0.717, 1.165) is 27.4 Å². The number of carbonyl (C=O) groups excluding carboxylic acids is 1. The van der Waals surface area contributed by atoms with Gasteiger partial charge in [-0.25, -0.2) is 31.4 Å². The number of hydrogen-bond donors (Lipinski definition) is 2. The highest BCUT2D eigenvalue weighted by molar-refractivity contribution is 5.94. The summed E-state index contributed by atoms with van der Waals surface area (Å²) in [6.45, 7) is 5.35. The van der Waals surface area contributed by atoms with Gasteiger partial charge in [0.1, 0.15) is 5.52 Å². The Morgan fingerprint density at radius 2 is 1.77 bits per heavy atom. The summed E-state index contributed by atoms with van der Waals surface area (Å²) in [4.78, 5) is 32.0. The number of pyridine rings is 1. The van der Waals surface area contributed by atoms with Crippen LogP contribution in [0.3, 0.4) is 0 Å². The Morgan fingerprint density at radius 1 is 1.05 bits per heavy atom. The average Bonchev–Trinajstić information content (AvgIpc) is 3.51. The Morgan fingerprint density at radius 3 is 2.45 bits per heavy atom. The fraction of sp³-hybridized carbons (Fsp3) is 0.111. The van der Waals surface area contributed by atoms with E-state index in [1.807, 2.05) is 0 Å². The Hall–Kier alpha value is -5.07. The van der Waals surface area contributed by atoms with Crippen molar-refractivity contribution < 1.29 is 26.7 Å². The number of hydrogen-bond acceptors (Lipinski definition) is 4. The number of benzene rings is 2. The maximum Gasteiger partial charge on any atom is 0.326 e. The normalized spacial score (nSPS) is 12.1. The van der Waals surface area contributed by atoms with Gasteiger partial charge in [0.2, 0.25) is 0 Å². The van der Waals surface area contributed by atoms with E-state index < -0.39 is 46.7 Å². The predicted molar refractivity (Wildman–Crippen MR) is 135 cm³/mol. The molecule has 0 saturated carbocycles. The van der Waals surface area contributed by atoms with Gasteiger partial charge >= 0.3 is 5.69 Å². The number of aromatic amines is 1. The Labute approximate surface area is 222 Å². The number of aromatic nitrogens is 5. The molecule has 0 aliphatic rings. The number of nitrogens with one attached hydrogen (secondary N) is 2. The first-order chi connectivity index (χ1) is 19.0. The summed E-state index contributed by atoms with van der Waals surface area (Å²) < 4.78 is 71.9. The Bertz CT molecular complexity index is 1820. The van der Waals surface area contributed by atoms with Crippen molar-refractivity contribution in [1.82, 2.24) is 29.6 Å². The van der Waals surface area contributed by atoms with Crippen LogP contribution in [0, 0.1) is 29.1 Å². The maximum atomic E-state index is 14.5. The lowest BCUT2D eigenvalue weighted by Gasteiger charge is -2.16. The van der Waals surface area contributed by atoms with Crippen molar-refractivity contribution in [2.45, 2.75) is 19.4 Å². The topological polar surface area (TPSA) is 97.6 Å². The third kappa shape index (κ3) is 4.77. The molecule has 0 saturated heterocycles. The first-order valence-corrected chi connectivity index (χ1v) is 11.8. The largest absolute Gasteiger partial charge is 0.326 e. The number of amides is 1. The van der Waals surface area contributed by atoms with Crippen molar-refractivity contribution in [3.63, 3.8) is 0 Å². The maximum absolute atomic E-state index is 14.5.